The quantitative estimate of drug-likeness (QED) is 0.233. The number of halogens is 5. The van der Waals surface area contributed by atoms with Gasteiger partial charge in [0, 0.05) is 18.1 Å². The SMILES string of the molecule is C=C(NCc1c(C(F)(F)F)ccc(Cl)c1C)OCCCCn1cnc2c(C)nc(Cl)nc21. The summed E-state index contributed by atoms with van der Waals surface area (Å²) in [5.41, 5.74) is 1.80. The first kappa shape index (κ1) is 24.1. The molecule has 172 valence electrons. The normalized spacial score (nSPS) is 11.7. The van der Waals surface area contributed by atoms with E-state index < -0.39 is 11.7 Å². The number of aromatic nitrogens is 4. The molecule has 0 bridgehead atoms. The molecule has 0 aliphatic carbocycles. The topological polar surface area (TPSA) is 64.9 Å². The molecule has 0 atom stereocenters. The van der Waals surface area contributed by atoms with E-state index in [1.54, 1.807) is 13.3 Å². The van der Waals surface area contributed by atoms with Crippen molar-refractivity contribution < 1.29 is 17.9 Å². The van der Waals surface area contributed by atoms with Crippen molar-refractivity contribution in [3.63, 3.8) is 0 Å². The van der Waals surface area contributed by atoms with Gasteiger partial charge in [0.05, 0.1) is 24.2 Å². The summed E-state index contributed by atoms with van der Waals surface area (Å²) in [7, 11) is 0. The fourth-order valence-electron chi connectivity index (χ4n) is 3.25. The van der Waals surface area contributed by atoms with Gasteiger partial charge in [0.25, 0.3) is 0 Å². The minimum atomic E-state index is -4.47. The Morgan fingerprint density at radius 2 is 1.94 bits per heavy atom. The second kappa shape index (κ2) is 9.95. The molecule has 11 heteroatoms. The highest BCUT2D eigenvalue weighted by molar-refractivity contribution is 6.31. The third-order valence-corrected chi connectivity index (χ3v) is 5.56. The van der Waals surface area contributed by atoms with Gasteiger partial charge in [-0.2, -0.15) is 18.2 Å². The molecule has 6 nitrogen and oxygen atoms in total. The van der Waals surface area contributed by atoms with Crippen LogP contribution in [-0.2, 0) is 24.0 Å². The molecule has 0 unspecified atom stereocenters. The maximum absolute atomic E-state index is 13.3. The van der Waals surface area contributed by atoms with Crippen LogP contribution in [-0.4, -0.2) is 26.1 Å². The third-order valence-electron chi connectivity index (χ3n) is 4.98. The number of unbranched alkanes of at least 4 members (excludes halogenated alkanes) is 1. The predicted octanol–water partition coefficient (Wildman–Crippen LogP) is 5.83. The summed E-state index contributed by atoms with van der Waals surface area (Å²) in [4.78, 5) is 12.6. The molecule has 0 fully saturated rings. The first-order chi connectivity index (χ1) is 15.1. The van der Waals surface area contributed by atoms with Crippen LogP contribution in [0.4, 0.5) is 13.2 Å². The highest BCUT2D eigenvalue weighted by Gasteiger charge is 2.34. The highest BCUT2D eigenvalue weighted by Crippen LogP contribution is 2.35. The first-order valence-corrected chi connectivity index (χ1v) is 10.6. The zero-order chi connectivity index (χ0) is 23.5. The summed E-state index contributed by atoms with van der Waals surface area (Å²) in [5.74, 6) is 0.195. The summed E-state index contributed by atoms with van der Waals surface area (Å²) in [6, 6.07) is 2.23. The molecule has 32 heavy (non-hydrogen) atoms. The van der Waals surface area contributed by atoms with Gasteiger partial charge in [-0.25, -0.2) is 9.97 Å². The number of imidazole rings is 1. The van der Waals surface area contributed by atoms with Crippen LogP contribution < -0.4 is 5.32 Å². The van der Waals surface area contributed by atoms with Gasteiger partial charge in [0.2, 0.25) is 5.28 Å². The van der Waals surface area contributed by atoms with E-state index in [9.17, 15) is 13.2 Å². The van der Waals surface area contributed by atoms with Crippen LogP contribution >= 0.6 is 23.2 Å². The second-order valence-electron chi connectivity index (χ2n) is 7.22. The number of rotatable bonds is 9. The van der Waals surface area contributed by atoms with Gasteiger partial charge < -0.3 is 14.6 Å². The largest absolute Gasteiger partial charge is 0.480 e. The highest BCUT2D eigenvalue weighted by atomic mass is 35.5. The molecule has 0 amide bonds. The number of aryl methyl sites for hydroxylation is 2. The van der Waals surface area contributed by atoms with E-state index >= 15 is 0 Å². The van der Waals surface area contributed by atoms with Gasteiger partial charge in [-0.1, -0.05) is 11.6 Å². The number of alkyl halides is 3. The number of nitrogens with zero attached hydrogens (tertiary/aromatic N) is 4. The zero-order valence-electron chi connectivity index (χ0n) is 17.6. The lowest BCUT2D eigenvalue weighted by Crippen LogP contribution is -2.19. The molecule has 2 heterocycles. The lowest BCUT2D eigenvalue weighted by Gasteiger charge is -2.18. The Morgan fingerprint density at radius 1 is 1.19 bits per heavy atom. The third kappa shape index (κ3) is 5.63. The fraction of sp³-hybridized carbons (Fsp3) is 0.381. The number of nitrogens with one attached hydrogen (secondary N) is 1. The van der Waals surface area contributed by atoms with E-state index in [2.05, 4.69) is 26.8 Å². The number of ether oxygens (including phenoxy) is 1. The van der Waals surface area contributed by atoms with Gasteiger partial charge in [0.15, 0.2) is 11.5 Å². The van der Waals surface area contributed by atoms with Gasteiger partial charge in [-0.15, -0.1) is 0 Å². The molecular formula is C21H22Cl2F3N5O. The summed E-state index contributed by atoms with van der Waals surface area (Å²) in [5, 5.41) is 3.24. The fourth-order valence-corrected chi connectivity index (χ4v) is 3.64. The lowest BCUT2D eigenvalue weighted by atomic mass is 10.0. The van der Waals surface area contributed by atoms with Gasteiger partial charge in [0.1, 0.15) is 5.52 Å². The number of hydrogen-bond acceptors (Lipinski definition) is 5. The number of hydrogen-bond donors (Lipinski definition) is 1. The molecule has 0 aliphatic heterocycles. The van der Waals surface area contributed by atoms with E-state index in [4.69, 9.17) is 27.9 Å². The average Bonchev–Trinajstić information content (AvgIpc) is 3.11. The minimum absolute atomic E-state index is 0.0673. The van der Waals surface area contributed by atoms with Crippen molar-refractivity contribution in [3.8, 4) is 0 Å². The molecule has 3 aromatic rings. The van der Waals surface area contributed by atoms with Crippen molar-refractivity contribution in [2.75, 3.05) is 6.61 Å². The standard InChI is InChI=1S/C21H22Cl2F3N5O/c1-12-15(16(21(24,25)26)6-7-17(12)22)10-27-14(3)32-9-5-4-8-31-11-28-18-13(2)29-20(23)30-19(18)31/h6-7,11,27H,3-5,8-10H2,1-2H3. The van der Waals surface area contributed by atoms with Crippen LogP contribution in [0.1, 0.15) is 35.2 Å². The summed E-state index contributed by atoms with van der Waals surface area (Å²) in [6.07, 6.45) is -1.32. The maximum atomic E-state index is 13.3. The van der Waals surface area contributed by atoms with E-state index in [1.807, 2.05) is 11.5 Å². The Balaban J connectivity index is 1.47. The van der Waals surface area contributed by atoms with Crippen molar-refractivity contribution in [2.45, 2.75) is 46.0 Å². The van der Waals surface area contributed by atoms with Crippen LogP contribution in [0.2, 0.25) is 10.3 Å². The van der Waals surface area contributed by atoms with Crippen molar-refractivity contribution >= 4 is 34.4 Å². The molecular weight excluding hydrogens is 466 g/mol. The summed E-state index contributed by atoms with van der Waals surface area (Å²) >= 11 is 11.9. The molecule has 0 saturated heterocycles. The molecule has 3 rings (SSSR count). The average molecular weight is 488 g/mol. The van der Waals surface area contributed by atoms with E-state index in [0.29, 0.717) is 42.0 Å². The summed E-state index contributed by atoms with van der Waals surface area (Å²) < 4.78 is 47.3. The Bertz CT molecular complexity index is 1130. The van der Waals surface area contributed by atoms with Crippen LogP contribution in [0.3, 0.4) is 0 Å². The molecule has 0 radical (unpaired) electrons. The van der Waals surface area contributed by atoms with Crippen molar-refractivity contribution in [1.29, 1.82) is 0 Å². The summed E-state index contributed by atoms with van der Waals surface area (Å²) in [6.45, 7) is 8.02. The van der Waals surface area contributed by atoms with E-state index in [0.717, 1.165) is 12.5 Å². The Hall–Kier alpha value is -2.52. The van der Waals surface area contributed by atoms with Crippen molar-refractivity contribution in [2.24, 2.45) is 0 Å². The first-order valence-electron chi connectivity index (χ1n) is 9.83. The Kier molecular flexibility index (Phi) is 7.51. The monoisotopic (exact) mass is 487 g/mol. The van der Waals surface area contributed by atoms with Gasteiger partial charge in [-0.05, 0) is 68.1 Å². The molecule has 0 saturated carbocycles. The van der Waals surface area contributed by atoms with Gasteiger partial charge >= 0.3 is 6.18 Å². The molecule has 1 aromatic carbocycles. The smallest absolute Gasteiger partial charge is 0.416 e. The second-order valence-corrected chi connectivity index (χ2v) is 7.96. The molecule has 1 N–H and O–H groups in total. The Morgan fingerprint density at radius 3 is 2.66 bits per heavy atom. The van der Waals surface area contributed by atoms with Crippen LogP contribution in [0.5, 0.6) is 0 Å². The number of benzene rings is 1. The molecule has 0 aliphatic rings. The minimum Gasteiger partial charge on any atom is -0.480 e. The van der Waals surface area contributed by atoms with Crippen molar-refractivity contribution in [1.82, 2.24) is 24.8 Å². The molecule has 2 aromatic heterocycles. The lowest BCUT2D eigenvalue weighted by molar-refractivity contribution is -0.138. The van der Waals surface area contributed by atoms with Crippen molar-refractivity contribution in [3.05, 3.63) is 63.6 Å². The van der Waals surface area contributed by atoms with Crippen LogP contribution in [0.25, 0.3) is 11.2 Å². The zero-order valence-corrected chi connectivity index (χ0v) is 19.1. The van der Waals surface area contributed by atoms with Crippen LogP contribution in [0.15, 0.2) is 30.9 Å². The van der Waals surface area contributed by atoms with Gasteiger partial charge in [-0.3, -0.25) is 0 Å². The maximum Gasteiger partial charge on any atom is 0.416 e. The van der Waals surface area contributed by atoms with E-state index in [-0.39, 0.29) is 28.3 Å². The van der Waals surface area contributed by atoms with Crippen LogP contribution in [0, 0.1) is 13.8 Å². The van der Waals surface area contributed by atoms with E-state index in [1.165, 1.54) is 6.07 Å². The Labute approximate surface area is 193 Å². The molecule has 0 spiro atoms. The number of fused-ring (bicyclic) bond motifs is 1. The predicted molar refractivity (Wildman–Crippen MR) is 117 cm³/mol.